The number of aryl methyl sites for hydroxylation is 1. The Morgan fingerprint density at radius 3 is 2.72 bits per heavy atom. The van der Waals surface area contributed by atoms with Crippen LogP contribution in [-0.2, 0) is 10.0 Å². The van der Waals surface area contributed by atoms with Gasteiger partial charge in [0.25, 0.3) is 10.0 Å². The number of nitrogens with one attached hydrogen (secondary N) is 1. The molecule has 1 N–H and O–H groups in total. The average molecular weight is 368 g/mol. The van der Waals surface area contributed by atoms with E-state index in [0.717, 1.165) is 21.4 Å². The number of nitrogens with zero attached hydrogens (tertiary/aromatic N) is 1. The summed E-state index contributed by atoms with van der Waals surface area (Å²) in [6, 6.07) is 5.22. The summed E-state index contributed by atoms with van der Waals surface area (Å²) in [7, 11) is -3.62. The lowest BCUT2D eigenvalue weighted by Crippen LogP contribution is -2.11. The van der Waals surface area contributed by atoms with Gasteiger partial charge in [-0.3, -0.25) is 4.72 Å². The van der Waals surface area contributed by atoms with Crippen LogP contribution in [0, 0.1) is 6.92 Å². The van der Waals surface area contributed by atoms with Crippen LogP contribution in [0.3, 0.4) is 0 Å². The van der Waals surface area contributed by atoms with Gasteiger partial charge in [-0.1, -0.05) is 44.9 Å². The minimum atomic E-state index is -3.62. The molecule has 2 rings (SSSR count). The number of hydrogen-bond donors (Lipinski definition) is 1. The molecule has 96 valence electrons. The van der Waals surface area contributed by atoms with Gasteiger partial charge in [0.2, 0.25) is 0 Å². The van der Waals surface area contributed by atoms with Crippen LogP contribution < -0.4 is 4.72 Å². The van der Waals surface area contributed by atoms with Crippen molar-refractivity contribution in [2.24, 2.45) is 0 Å². The van der Waals surface area contributed by atoms with Gasteiger partial charge in [-0.05, 0) is 24.6 Å². The molecule has 4 nitrogen and oxygen atoms in total. The summed E-state index contributed by atoms with van der Waals surface area (Å²) in [4.78, 5) is 3.71. The Morgan fingerprint density at radius 1 is 1.44 bits per heavy atom. The van der Waals surface area contributed by atoms with Crippen LogP contribution in [0.5, 0.6) is 0 Å². The summed E-state index contributed by atoms with van der Waals surface area (Å²) < 4.78 is 27.6. The van der Waals surface area contributed by atoms with Crippen LogP contribution in [0.1, 0.15) is 5.56 Å². The topological polar surface area (TPSA) is 59.1 Å². The summed E-state index contributed by atoms with van der Waals surface area (Å²) >= 11 is 9.88. The molecule has 1 aromatic heterocycles. The Hall–Kier alpha value is -0.630. The molecule has 2 aromatic rings. The van der Waals surface area contributed by atoms with E-state index in [4.69, 9.17) is 11.6 Å². The zero-order chi connectivity index (χ0) is 13.3. The van der Waals surface area contributed by atoms with E-state index in [-0.39, 0.29) is 8.68 Å². The average Bonchev–Trinajstić information content (AvgIpc) is 2.71. The second-order valence-electron chi connectivity index (χ2n) is 3.50. The molecule has 0 radical (unpaired) electrons. The number of benzene rings is 1. The van der Waals surface area contributed by atoms with Crippen molar-refractivity contribution in [3.8, 4) is 0 Å². The van der Waals surface area contributed by atoms with Gasteiger partial charge in [-0.15, -0.1) is 0 Å². The Balaban J connectivity index is 2.30. The summed E-state index contributed by atoms with van der Waals surface area (Å²) in [5.74, 6) is 0. The lowest BCUT2D eigenvalue weighted by molar-refractivity contribution is 0.603. The van der Waals surface area contributed by atoms with Gasteiger partial charge in [0, 0.05) is 10.2 Å². The smallest absolute Gasteiger partial charge is 0.273 e. The summed E-state index contributed by atoms with van der Waals surface area (Å²) in [5.41, 5.74) is 1.51. The van der Waals surface area contributed by atoms with Crippen LogP contribution >= 0.6 is 38.9 Å². The summed E-state index contributed by atoms with van der Waals surface area (Å²) in [6.07, 6.45) is 1.23. The first-order valence-electron chi connectivity index (χ1n) is 4.79. The predicted octanol–water partition coefficient (Wildman–Crippen LogP) is 3.67. The van der Waals surface area contributed by atoms with Crippen LogP contribution in [0.2, 0.25) is 4.47 Å². The van der Waals surface area contributed by atoms with Gasteiger partial charge >= 0.3 is 0 Å². The van der Waals surface area contributed by atoms with E-state index in [9.17, 15) is 8.42 Å². The minimum absolute atomic E-state index is 0.0872. The van der Waals surface area contributed by atoms with Gasteiger partial charge in [0.05, 0.1) is 6.20 Å². The second kappa shape index (κ2) is 5.16. The van der Waals surface area contributed by atoms with Crippen molar-refractivity contribution in [1.82, 2.24) is 4.98 Å². The fourth-order valence-corrected chi connectivity index (χ4v) is 3.95. The second-order valence-corrected chi connectivity index (χ2v) is 7.88. The van der Waals surface area contributed by atoms with Crippen LogP contribution in [0.15, 0.2) is 33.1 Å². The molecule has 0 saturated heterocycles. The first-order valence-corrected chi connectivity index (χ1v) is 8.26. The van der Waals surface area contributed by atoms with Gasteiger partial charge in [0.1, 0.15) is 0 Å². The van der Waals surface area contributed by atoms with Crippen LogP contribution in [0.4, 0.5) is 5.69 Å². The number of sulfonamides is 1. The van der Waals surface area contributed by atoms with E-state index in [0.29, 0.717) is 5.69 Å². The van der Waals surface area contributed by atoms with Crippen LogP contribution in [0.25, 0.3) is 0 Å². The van der Waals surface area contributed by atoms with Crippen molar-refractivity contribution in [1.29, 1.82) is 0 Å². The molecule has 0 fully saturated rings. The number of halogens is 2. The van der Waals surface area contributed by atoms with E-state index in [1.165, 1.54) is 6.20 Å². The predicted molar refractivity (Wildman–Crippen MR) is 76.8 cm³/mol. The molecule has 0 bridgehead atoms. The van der Waals surface area contributed by atoms with E-state index >= 15 is 0 Å². The maximum Gasteiger partial charge on any atom is 0.273 e. The molecule has 0 saturated carbocycles. The van der Waals surface area contributed by atoms with Crippen molar-refractivity contribution >= 4 is 54.6 Å². The Bertz CT molecular complexity index is 685. The summed E-state index contributed by atoms with van der Waals surface area (Å²) in [5, 5.41) is 0. The number of anilines is 1. The number of hydrogen-bond acceptors (Lipinski definition) is 4. The number of rotatable bonds is 3. The lowest BCUT2D eigenvalue weighted by Gasteiger charge is -2.07. The molecule has 0 spiro atoms. The quantitative estimate of drug-likeness (QED) is 0.900. The zero-order valence-corrected chi connectivity index (χ0v) is 13.1. The molecule has 0 amide bonds. The number of aromatic nitrogens is 1. The normalized spacial score (nSPS) is 11.5. The van der Waals surface area contributed by atoms with E-state index in [2.05, 4.69) is 25.6 Å². The molecule has 0 unspecified atom stereocenters. The molecule has 1 aromatic carbocycles. The highest BCUT2D eigenvalue weighted by Crippen LogP contribution is 2.26. The number of thiazole rings is 1. The third kappa shape index (κ3) is 3.03. The highest BCUT2D eigenvalue weighted by molar-refractivity contribution is 9.10. The third-order valence-electron chi connectivity index (χ3n) is 2.15. The lowest BCUT2D eigenvalue weighted by atomic mass is 10.2. The van der Waals surface area contributed by atoms with Gasteiger partial charge in [0.15, 0.2) is 8.68 Å². The summed E-state index contributed by atoms with van der Waals surface area (Å²) in [6.45, 7) is 1.92. The largest absolute Gasteiger partial charge is 0.279 e. The van der Waals surface area contributed by atoms with Crippen molar-refractivity contribution in [2.45, 2.75) is 11.1 Å². The molecule has 1 heterocycles. The SMILES string of the molecule is Cc1ccc(NS(=O)(=O)c2cnc(Cl)s2)cc1Br. The zero-order valence-electron chi connectivity index (χ0n) is 9.15. The van der Waals surface area contributed by atoms with E-state index in [1.807, 2.05) is 13.0 Å². The fraction of sp³-hybridized carbons (Fsp3) is 0.100. The molecule has 8 heteroatoms. The van der Waals surface area contributed by atoms with Crippen LogP contribution in [-0.4, -0.2) is 13.4 Å². The van der Waals surface area contributed by atoms with Gasteiger partial charge < -0.3 is 0 Å². The Morgan fingerprint density at radius 2 is 2.17 bits per heavy atom. The van der Waals surface area contributed by atoms with Gasteiger partial charge in [-0.2, -0.15) is 0 Å². The highest BCUT2D eigenvalue weighted by Gasteiger charge is 2.17. The van der Waals surface area contributed by atoms with E-state index in [1.54, 1.807) is 12.1 Å². The van der Waals surface area contributed by atoms with Crippen molar-refractivity contribution in [2.75, 3.05) is 4.72 Å². The Kier molecular flexibility index (Phi) is 3.96. The molecule has 0 aliphatic rings. The maximum absolute atomic E-state index is 12.0. The standard InChI is InChI=1S/C10H8BrClN2O2S2/c1-6-2-3-7(4-8(6)11)14-18(15,16)9-5-13-10(12)17-9/h2-5,14H,1H3. The molecular formula is C10H8BrClN2O2S2. The first-order chi connectivity index (χ1) is 8.38. The molecule has 0 aliphatic heterocycles. The highest BCUT2D eigenvalue weighted by atomic mass is 79.9. The Labute approximate surface area is 122 Å². The first kappa shape index (κ1) is 13.8. The maximum atomic E-state index is 12.0. The van der Waals surface area contributed by atoms with Gasteiger partial charge in [-0.25, -0.2) is 13.4 Å². The molecule has 18 heavy (non-hydrogen) atoms. The molecule has 0 atom stereocenters. The molecule has 0 aliphatic carbocycles. The van der Waals surface area contributed by atoms with E-state index < -0.39 is 10.0 Å². The van der Waals surface area contributed by atoms with Crippen molar-refractivity contribution in [3.05, 3.63) is 38.9 Å². The molecular weight excluding hydrogens is 360 g/mol. The monoisotopic (exact) mass is 366 g/mol. The van der Waals surface area contributed by atoms with Crippen molar-refractivity contribution in [3.63, 3.8) is 0 Å². The fourth-order valence-electron chi connectivity index (χ4n) is 1.23. The minimum Gasteiger partial charge on any atom is -0.279 e. The van der Waals surface area contributed by atoms with Crippen molar-refractivity contribution < 1.29 is 8.42 Å². The third-order valence-corrected chi connectivity index (χ3v) is 5.96.